The van der Waals surface area contributed by atoms with Gasteiger partial charge >= 0.3 is 12.1 Å². The van der Waals surface area contributed by atoms with Crippen LogP contribution in [0, 0.1) is 0 Å². The van der Waals surface area contributed by atoms with Crippen molar-refractivity contribution in [1.29, 1.82) is 0 Å². The molecule has 1 aromatic heterocycles. The number of hydrogen-bond acceptors (Lipinski definition) is 4. The summed E-state index contributed by atoms with van der Waals surface area (Å²) in [6.45, 7) is 0. The van der Waals surface area contributed by atoms with Crippen LogP contribution in [0.4, 0.5) is 22.7 Å². The second-order valence-electron chi connectivity index (χ2n) is 3.19. The van der Waals surface area contributed by atoms with Crippen LogP contribution in [-0.4, -0.2) is 26.5 Å². The normalized spacial score (nSPS) is 11.8. The molecule has 0 radical (unpaired) electrons. The van der Waals surface area contributed by atoms with Gasteiger partial charge in [-0.05, 0) is 18.2 Å². The fourth-order valence-corrected chi connectivity index (χ4v) is 1.51. The zero-order valence-corrected chi connectivity index (χ0v) is 9.22. The third-order valence-corrected chi connectivity index (χ3v) is 2.40. The van der Waals surface area contributed by atoms with Crippen LogP contribution >= 0.6 is 12.3 Å². The predicted octanol–water partition coefficient (Wildman–Crippen LogP) is 2.31. The van der Waals surface area contributed by atoms with Crippen molar-refractivity contribution in [3.05, 3.63) is 18.2 Å². The Labute approximate surface area is 102 Å². The highest BCUT2D eigenvalue weighted by atomic mass is 32.2. The Morgan fingerprint density at radius 2 is 2.11 bits per heavy atom. The quantitative estimate of drug-likeness (QED) is 0.858. The molecule has 0 unspecified atom stereocenters. The van der Waals surface area contributed by atoms with E-state index >= 15 is 0 Å². The smallest absolute Gasteiger partial charge is 0.318 e. The lowest BCUT2D eigenvalue weighted by Gasteiger charge is -2.07. The van der Waals surface area contributed by atoms with Crippen LogP contribution < -0.4 is 5.32 Å². The average molecular weight is 280 g/mol. The molecule has 0 saturated carbocycles. The SMILES string of the molecule is O=C(Nc1ccc2nnn(SF)c2c1)C(F)(F)F. The number of benzene rings is 1. The minimum Gasteiger partial charge on any atom is -0.318 e. The summed E-state index contributed by atoms with van der Waals surface area (Å²) in [6.07, 6.45) is -4.98. The number of hydrogen-bond donors (Lipinski definition) is 1. The molecule has 1 N–H and O–H groups in total. The number of amides is 1. The molecule has 0 aliphatic carbocycles. The van der Waals surface area contributed by atoms with Crippen molar-refractivity contribution >= 4 is 35.0 Å². The lowest BCUT2D eigenvalue weighted by Crippen LogP contribution is -2.29. The van der Waals surface area contributed by atoms with Gasteiger partial charge < -0.3 is 5.32 Å². The Morgan fingerprint density at radius 1 is 1.39 bits per heavy atom. The van der Waals surface area contributed by atoms with Gasteiger partial charge in [0.1, 0.15) is 11.0 Å². The highest BCUT2D eigenvalue weighted by Gasteiger charge is 2.38. The third-order valence-electron chi connectivity index (χ3n) is 2.00. The highest BCUT2D eigenvalue weighted by Crippen LogP contribution is 2.23. The van der Waals surface area contributed by atoms with Gasteiger partial charge in [0, 0.05) is 5.69 Å². The second-order valence-corrected chi connectivity index (χ2v) is 3.67. The van der Waals surface area contributed by atoms with Gasteiger partial charge in [-0.3, -0.25) is 4.79 Å². The first-order chi connectivity index (χ1) is 8.41. The monoisotopic (exact) mass is 280 g/mol. The minimum absolute atomic E-state index is 0.123. The summed E-state index contributed by atoms with van der Waals surface area (Å²) in [5.74, 6) is -2.10. The van der Waals surface area contributed by atoms with Gasteiger partial charge in [-0.25, -0.2) is 0 Å². The van der Waals surface area contributed by atoms with E-state index in [4.69, 9.17) is 0 Å². The molecule has 0 spiro atoms. The van der Waals surface area contributed by atoms with Crippen LogP contribution in [0.5, 0.6) is 0 Å². The van der Waals surface area contributed by atoms with Gasteiger partial charge in [-0.1, -0.05) is 5.21 Å². The second kappa shape index (κ2) is 4.44. The first-order valence-electron chi connectivity index (χ1n) is 4.44. The number of rotatable bonds is 2. The van der Waals surface area contributed by atoms with Crippen molar-refractivity contribution in [2.24, 2.45) is 0 Å². The van der Waals surface area contributed by atoms with E-state index in [0.717, 1.165) is 10.2 Å². The van der Waals surface area contributed by atoms with Crippen molar-refractivity contribution in [2.45, 2.75) is 6.18 Å². The van der Waals surface area contributed by atoms with Crippen LogP contribution in [0.25, 0.3) is 11.0 Å². The fraction of sp³-hybridized carbons (Fsp3) is 0.125. The molecule has 2 rings (SSSR count). The first kappa shape index (κ1) is 12.6. The zero-order chi connectivity index (χ0) is 13.3. The molecular weight excluding hydrogens is 276 g/mol. The molecule has 1 heterocycles. The molecule has 5 nitrogen and oxygen atoms in total. The lowest BCUT2D eigenvalue weighted by molar-refractivity contribution is -0.167. The summed E-state index contributed by atoms with van der Waals surface area (Å²) in [4.78, 5) is 10.7. The Kier molecular flexibility index (Phi) is 3.11. The molecule has 0 aliphatic heterocycles. The van der Waals surface area contributed by atoms with E-state index in [9.17, 15) is 21.9 Å². The largest absolute Gasteiger partial charge is 0.471 e. The maximum absolute atomic E-state index is 12.4. The van der Waals surface area contributed by atoms with Crippen molar-refractivity contribution in [2.75, 3.05) is 5.32 Å². The van der Waals surface area contributed by atoms with Gasteiger partial charge in [-0.2, -0.15) is 17.3 Å². The standard InChI is InChI=1S/C8H4F4N4OS/c9-8(10,11)7(17)13-4-1-2-5-6(3-4)16(18-12)15-14-5/h1-3H,(H,13,17). The molecule has 0 atom stereocenters. The third kappa shape index (κ3) is 2.37. The van der Waals surface area contributed by atoms with Crippen molar-refractivity contribution in [3.63, 3.8) is 0 Å². The zero-order valence-electron chi connectivity index (χ0n) is 8.40. The average Bonchev–Trinajstić information content (AvgIpc) is 2.70. The molecular formula is C8H4F4N4OS. The number of anilines is 1. The Morgan fingerprint density at radius 3 is 2.72 bits per heavy atom. The number of fused-ring (bicyclic) bond motifs is 1. The molecule has 0 bridgehead atoms. The molecule has 96 valence electrons. The van der Waals surface area contributed by atoms with Crippen molar-refractivity contribution < 1.29 is 21.9 Å². The van der Waals surface area contributed by atoms with Crippen LogP contribution in [0.3, 0.4) is 0 Å². The van der Waals surface area contributed by atoms with Crippen LogP contribution in [0.15, 0.2) is 18.2 Å². The van der Waals surface area contributed by atoms with E-state index in [0.29, 0.717) is 5.52 Å². The summed E-state index contributed by atoms with van der Waals surface area (Å²) in [6, 6.07) is 3.68. The molecule has 2 aromatic rings. The van der Waals surface area contributed by atoms with Crippen molar-refractivity contribution in [3.8, 4) is 0 Å². The highest BCUT2D eigenvalue weighted by molar-refractivity contribution is 7.92. The summed E-state index contributed by atoms with van der Waals surface area (Å²) >= 11 is -0.254. The molecule has 0 aliphatic rings. The Balaban J connectivity index is 2.32. The number of nitrogens with zero attached hydrogens (tertiary/aromatic N) is 3. The van der Waals surface area contributed by atoms with Gasteiger partial charge in [0.15, 0.2) is 12.3 Å². The van der Waals surface area contributed by atoms with Gasteiger partial charge in [0.25, 0.3) is 0 Å². The number of alkyl halides is 3. The van der Waals surface area contributed by atoms with Crippen molar-refractivity contribution in [1.82, 2.24) is 14.4 Å². The van der Waals surface area contributed by atoms with Crippen LogP contribution in [0.1, 0.15) is 0 Å². The minimum atomic E-state index is -4.98. The lowest BCUT2D eigenvalue weighted by atomic mass is 10.2. The molecule has 1 aromatic carbocycles. The maximum atomic E-state index is 12.4. The first-order valence-corrected chi connectivity index (χ1v) is 5.12. The van der Waals surface area contributed by atoms with E-state index in [1.54, 1.807) is 5.32 Å². The number of nitrogens with one attached hydrogen (secondary N) is 1. The van der Waals surface area contributed by atoms with Gasteiger partial charge in [0.05, 0.1) is 0 Å². The molecule has 0 fully saturated rings. The topological polar surface area (TPSA) is 59.8 Å². The number of halogens is 4. The van der Waals surface area contributed by atoms with E-state index in [1.165, 1.54) is 12.1 Å². The summed E-state index contributed by atoms with van der Waals surface area (Å²) < 4.78 is 49.2. The molecule has 0 saturated heterocycles. The van der Waals surface area contributed by atoms with Gasteiger partial charge in [-0.15, -0.1) is 8.98 Å². The number of carbonyl (C=O) groups excluding carboxylic acids is 1. The number of aromatic nitrogens is 3. The molecule has 1 amide bonds. The van der Waals surface area contributed by atoms with E-state index in [-0.39, 0.29) is 23.5 Å². The maximum Gasteiger partial charge on any atom is 0.471 e. The Bertz CT molecular complexity index is 596. The van der Waals surface area contributed by atoms with Crippen LogP contribution in [-0.2, 0) is 4.79 Å². The predicted molar refractivity (Wildman–Crippen MR) is 56.3 cm³/mol. The van der Waals surface area contributed by atoms with E-state index in [1.807, 2.05) is 0 Å². The molecule has 18 heavy (non-hydrogen) atoms. The summed E-state index contributed by atoms with van der Waals surface area (Å²) in [7, 11) is 0. The van der Waals surface area contributed by atoms with Gasteiger partial charge in [0.2, 0.25) is 0 Å². The molecule has 10 heteroatoms. The summed E-state index contributed by atoms with van der Waals surface area (Å²) in [5.41, 5.74) is 0.329. The van der Waals surface area contributed by atoms with E-state index in [2.05, 4.69) is 10.3 Å². The summed E-state index contributed by atoms with van der Waals surface area (Å²) in [5, 5.41) is 8.63. The van der Waals surface area contributed by atoms with E-state index < -0.39 is 12.1 Å². The fourth-order valence-electron chi connectivity index (χ4n) is 1.23. The Hall–Kier alpha value is -1.84. The number of carbonyl (C=O) groups is 1. The van der Waals surface area contributed by atoms with Crippen LogP contribution in [0.2, 0.25) is 0 Å².